The second-order valence-electron chi connectivity index (χ2n) is 6.84. The molecule has 0 aliphatic carbocycles. The topological polar surface area (TPSA) is 82.0 Å². The molecule has 1 unspecified atom stereocenters. The lowest BCUT2D eigenvalue weighted by Gasteiger charge is -2.30. The first-order chi connectivity index (χ1) is 13.2. The van der Waals surface area contributed by atoms with Crippen LogP contribution in [0.15, 0.2) is 69.9 Å². The van der Waals surface area contributed by atoms with Gasteiger partial charge < -0.3 is 4.74 Å². The normalized spacial score (nSPS) is 16.1. The molecule has 2 aromatic carbocycles. The Hall–Kier alpha value is -1.74. The number of hydrogen-bond donors (Lipinski definition) is 0. The quantitative estimate of drug-likeness (QED) is 0.431. The lowest BCUT2D eigenvalue weighted by molar-refractivity contribution is 0.124. The molecule has 0 N–H and O–H groups in total. The summed E-state index contributed by atoms with van der Waals surface area (Å²) in [5.41, 5.74) is -0.335. The van der Waals surface area contributed by atoms with Crippen LogP contribution in [0.3, 0.4) is 0 Å². The highest BCUT2D eigenvalue weighted by Gasteiger charge is 2.35. The summed E-state index contributed by atoms with van der Waals surface area (Å²) < 4.78 is 52.7. The van der Waals surface area contributed by atoms with E-state index >= 15 is 0 Å². The third kappa shape index (κ3) is 7.01. The molecule has 0 radical (unpaired) electrons. The molecule has 0 heterocycles. The summed E-state index contributed by atoms with van der Waals surface area (Å²) >= 11 is 0. The standard InChI is InChI=1S/C20H27NO5S2/c1-20(26-27(3,22)23,16-18-10-6-4-7-11-18)17-28(24,21-14-15-25-2)19-12-8-5-9-13-19/h4-13H,14-17H2,1-3H3/t20?,28-/m0/s1. The molecule has 28 heavy (non-hydrogen) atoms. The molecule has 6 nitrogen and oxygen atoms in total. The van der Waals surface area contributed by atoms with Gasteiger partial charge >= 0.3 is 0 Å². The van der Waals surface area contributed by atoms with E-state index in [1.165, 1.54) is 0 Å². The minimum absolute atomic E-state index is 0.0598. The Morgan fingerprint density at radius 1 is 0.964 bits per heavy atom. The minimum Gasteiger partial charge on any atom is -0.383 e. The average molecular weight is 426 g/mol. The highest BCUT2D eigenvalue weighted by atomic mass is 32.2. The van der Waals surface area contributed by atoms with Gasteiger partial charge in [0.05, 0.1) is 34.9 Å². The molecule has 0 bridgehead atoms. The van der Waals surface area contributed by atoms with Crippen LogP contribution in [0.1, 0.15) is 12.5 Å². The number of ether oxygens (including phenoxy) is 1. The Labute approximate surface area is 168 Å². The first kappa shape index (κ1) is 22.5. The zero-order valence-electron chi connectivity index (χ0n) is 16.4. The van der Waals surface area contributed by atoms with Crippen LogP contribution >= 0.6 is 0 Å². The second kappa shape index (κ2) is 9.65. The molecule has 0 aromatic heterocycles. The van der Waals surface area contributed by atoms with Gasteiger partial charge in [0.2, 0.25) is 0 Å². The zero-order chi connectivity index (χ0) is 20.7. The van der Waals surface area contributed by atoms with Crippen molar-refractivity contribution in [1.82, 2.24) is 0 Å². The van der Waals surface area contributed by atoms with Crippen LogP contribution in [0.25, 0.3) is 0 Å². The maximum absolute atomic E-state index is 13.9. The Kier molecular flexibility index (Phi) is 7.77. The van der Waals surface area contributed by atoms with Gasteiger partial charge in [-0.1, -0.05) is 48.5 Å². The number of methoxy groups -OCH3 is 1. The van der Waals surface area contributed by atoms with Gasteiger partial charge in [0.1, 0.15) is 5.60 Å². The molecule has 0 spiro atoms. The number of benzene rings is 2. The highest BCUT2D eigenvalue weighted by molar-refractivity contribution is 7.93. The van der Waals surface area contributed by atoms with Crippen molar-refractivity contribution in [3.05, 3.63) is 66.2 Å². The van der Waals surface area contributed by atoms with E-state index in [9.17, 15) is 12.6 Å². The molecular formula is C20H27NO5S2. The molecule has 8 heteroatoms. The maximum atomic E-state index is 13.9. The smallest absolute Gasteiger partial charge is 0.264 e. The van der Waals surface area contributed by atoms with E-state index in [0.29, 0.717) is 11.5 Å². The molecule has 0 saturated carbocycles. The van der Waals surface area contributed by atoms with Crippen LogP contribution in [0, 0.1) is 0 Å². The maximum Gasteiger partial charge on any atom is 0.264 e. The van der Waals surface area contributed by atoms with E-state index < -0.39 is 25.4 Å². The third-order valence-corrected chi connectivity index (χ3v) is 7.30. The fraction of sp³-hybridized carbons (Fsp3) is 0.400. The SMILES string of the molecule is COCCN=[S@](=O)(CC(C)(Cc1ccccc1)OS(C)(=O)=O)c1ccccc1. The summed E-state index contributed by atoms with van der Waals surface area (Å²) in [5.74, 6) is -0.0598. The zero-order valence-corrected chi connectivity index (χ0v) is 18.0. The van der Waals surface area contributed by atoms with Crippen LogP contribution in [-0.2, 0) is 35.2 Å². The average Bonchev–Trinajstić information content (AvgIpc) is 2.61. The van der Waals surface area contributed by atoms with Crippen LogP contribution in [0.5, 0.6) is 0 Å². The van der Waals surface area contributed by atoms with Gasteiger partial charge in [0.25, 0.3) is 10.1 Å². The summed E-state index contributed by atoms with van der Waals surface area (Å²) in [7, 11) is -5.16. The van der Waals surface area contributed by atoms with Crippen LogP contribution in [0.2, 0.25) is 0 Å². The van der Waals surface area contributed by atoms with Crippen molar-refractivity contribution in [3.8, 4) is 0 Å². The van der Waals surface area contributed by atoms with E-state index in [0.717, 1.165) is 11.8 Å². The van der Waals surface area contributed by atoms with Crippen LogP contribution < -0.4 is 0 Å². The van der Waals surface area contributed by atoms with Gasteiger partial charge in [-0.05, 0) is 24.6 Å². The van der Waals surface area contributed by atoms with Crippen molar-refractivity contribution < 1.29 is 21.5 Å². The summed E-state index contributed by atoms with van der Waals surface area (Å²) in [4.78, 5) is 0.544. The molecule has 0 saturated heterocycles. The lowest BCUT2D eigenvalue weighted by Crippen LogP contribution is -2.41. The van der Waals surface area contributed by atoms with Crippen molar-refractivity contribution >= 4 is 19.8 Å². The largest absolute Gasteiger partial charge is 0.383 e. The number of rotatable bonds is 10. The summed E-state index contributed by atoms with van der Waals surface area (Å²) in [6.07, 6.45) is 1.28. The first-order valence-corrected chi connectivity index (χ1v) is 12.4. The number of nitrogens with zero attached hydrogens (tertiary/aromatic N) is 1. The van der Waals surface area contributed by atoms with Gasteiger partial charge in [-0.25, -0.2) is 8.57 Å². The number of hydrogen-bond acceptors (Lipinski definition) is 6. The van der Waals surface area contributed by atoms with Crippen LogP contribution in [0.4, 0.5) is 0 Å². The Bertz CT molecular complexity index is 968. The van der Waals surface area contributed by atoms with Crippen molar-refractivity contribution in [3.63, 3.8) is 0 Å². The fourth-order valence-corrected chi connectivity index (χ4v) is 6.30. The molecule has 0 fully saturated rings. The highest BCUT2D eigenvalue weighted by Crippen LogP contribution is 2.27. The van der Waals surface area contributed by atoms with Crippen molar-refractivity contribution in [2.75, 3.05) is 32.3 Å². The Morgan fingerprint density at radius 2 is 1.54 bits per heavy atom. The van der Waals surface area contributed by atoms with Gasteiger partial charge in [0, 0.05) is 18.4 Å². The lowest BCUT2D eigenvalue weighted by atomic mass is 9.99. The van der Waals surface area contributed by atoms with Gasteiger partial charge in [-0.3, -0.25) is 4.18 Å². The van der Waals surface area contributed by atoms with Crippen LogP contribution in [-0.4, -0.2) is 50.5 Å². The summed E-state index contributed by atoms with van der Waals surface area (Å²) in [5, 5.41) is 0. The van der Waals surface area contributed by atoms with E-state index in [-0.39, 0.29) is 18.7 Å². The molecule has 0 aliphatic rings. The Morgan fingerprint density at radius 3 is 2.07 bits per heavy atom. The van der Waals surface area contributed by atoms with Gasteiger partial charge in [-0.15, -0.1) is 0 Å². The second-order valence-corrected chi connectivity index (χ2v) is 10.7. The molecule has 154 valence electrons. The van der Waals surface area contributed by atoms with Crippen molar-refractivity contribution in [1.29, 1.82) is 0 Å². The molecule has 2 aromatic rings. The predicted molar refractivity (Wildman–Crippen MR) is 111 cm³/mol. The monoisotopic (exact) mass is 425 g/mol. The predicted octanol–water partition coefficient (Wildman–Crippen LogP) is 3.14. The van der Waals surface area contributed by atoms with Gasteiger partial charge in [0.15, 0.2) is 0 Å². The summed E-state index contributed by atoms with van der Waals surface area (Å²) in [6, 6.07) is 18.3. The van der Waals surface area contributed by atoms with E-state index in [4.69, 9.17) is 8.92 Å². The third-order valence-electron chi connectivity index (χ3n) is 3.98. The van der Waals surface area contributed by atoms with E-state index in [1.807, 2.05) is 36.4 Å². The van der Waals surface area contributed by atoms with E-state index in [1.54, 1.807) is 38.3 Å². The molecular weight excluding hydrogens is 398 g/mol. The molecule has 2 atom stereocenters. The summed E-state index contributed by atoms with van der Waals surface area (Å²) in [6.45, 7) is 2.23. The fourth-order valence-electron chi connectivity index (χ4n) is 3.02. The van der Waals surface area contributed by atoms with Crippen molar-refractivity contribution in [2.24, 2.45) is 4.36 Å². The first-order valence-electron chi connectivity index (χ1n) is 8.85. The van der Waals surface area contributed by atoms with E-state index in [2.05, 4.69) is 4.36 Å². The van der Waals surface area contributed by atoms with Gasteiger partial charge in [-0.2, -0.15) is 8.42 Å². The Balaban J connectivity index is 2.47. The minimum atomic E-state index is -3.77. The molecule has 0 aliphatic heterocycles. The molecule has 0 amide bonds. The van der Waals surface area contributed by atoms with Crippen molar-refractivity contribution in [2.45, 2.75) is 23.8 Å². The molecule has 2 rings (SSSR count).